The van der Waals surface area contributed by atoms with Crippen molar-refractivity contribution in [1.82, 2.24) is 0 Å². The minimum absolute atomic E-state index is 0.160. The van der Waals surface area contributed by atoms with E-state index in [9.17, 15) is 30.0 Å². The van der Waals surface area contributed by atoms with Gasteiger partial charge in [0.2, 0.25) is 5.79 Å². The predicted octanol–water partition coefficient (Wildman–Crippen LogP) is 0.587. The number of hydrogen-bond donors (Lipinski definition) is 4. The second-order valence-electron chi connectivity index (χ2n) is 7.41. The van der Waals surface area contributed by atoms with E-state index < -0.39 is 41.6 Å². The molecule has 2 fully saturated rings. The molecule has 1 aliphatic carbocycles. The molecule has 9 heteroatoms. The zero-order valence-corrected chi connectivity index (χ0v) is 15.4. The molecule has 28 heavy (non-hydrogen) atoms. The number of phenolic OH excluding ortho intramolecular Hbond substituents is 2. The summed E-state index contributed by atoms with van der Waals surface area (Å²) < 4.78 is 16.0. The Hall–Kier alpha value is -2.62. The summed E-state index contributed by atoms with van der Waals surface area (Å²) in [5, 5.41) is 39.1. The van der Waals surface area contributed by atoms with Crippen LogP contribution in [0, 0.1) is 0 Å². The number of aromatic hydroxyl groups is 2. The van der Waals surface area contributed by atoms with Gasteiger partial charge in [-0.3, -0.25) is 0 Å². The topological polar surface area (TPSA) is 143 Å². The first-order valence-corrected chi connectivity index (χ1v) is 8.72. The molecule has 1 aromatic carbocycles. The van der Waals surface area contributed by atoms with Gasteiger partial charge in [-0.15, -0.1) is 0 Å². The Morgan fingerprint density at radius 3 is 2.54 bits per heavy atom. The molecule has 0 radical (unpaired) electrons. The highest BCUT2D eigenvalue weighted by molar-refractivity contribution is 5.87. The van der Waals surface area contributed by atoms with Crippen molar-refractivity contribution in [2.45, 2.75) is 56.4 Å². The summed E-state index contributed by atoms with van der Waals surface area (Å²) in [6.07, 6.45) is -1.85. The molecule has 0 aromatic heterocycles. The second kappa shape index (κ2) is 7.08. The quantitative estimate of drug-likeness (QED) is 0.329. The molecule has 3 rings (SSSR count). The van der Waals surface area contributed by atoms with Crippen molar-refractivity contribution in [3.8, 4) is 11.5 Å². The average Bonchev–Trinajstić information content (AvgIpc) is 2.81. The number of benzene rings is 1. The fourth-order valence-corrected chi connectivity index (χ4v) is 3.44. The number of phenols is 2. The van der Waals surface area contributed by atoms with E-state index in [4.69, 9.17) is 14.2 Å². The van der Waals surface area contributed by atoms with Crippen molar-refractivity contribution in [1.29, 1.82) is 0 Å². The van der Waals surface area contributed by atoms with E-state index in [1.807, 2.05) is 0 Å². The molecule has 0 unspecified atom stereocenters. The van der Waals surface area contributed by atoms with Crippen molar-refractivity contribution in [2.24, 2.45) is 0 Å². The maximum absolute atomic E-state index is 12.3. The Balaban J connectivity index is 1.71. The first kappa shape index (κ1) is 20.1. The van der Waals surface area contributed by atoms with Crippen molar-refractivity contribution >= 4 is 18.0 Å². The second-order valence-corrected chi connectivity index (χ2v) is 7.41. The normalized spacial score (nSPS) is 31.9. The number of esters is 2. The zero-order valence-electron chi connectivity index (χ0n) is 15.4. The highest BCUT2D eigenvalue weighted by Crippen LogP contribution is 2.43. The third-order valence-electron chi connectivity index (χ3n) is 4.68. The molecule has 4 N–H and O–H groups in total. The third-order valence-corrected chi connectivity index (χ3v) is 4.68. The van der Waals surface area contributed by atoms with Gasteiger partial charge < -0.3 is 34.6 Å². The largest absolute Gasteiger partial charge is 0.504 e. The van der Waals surface area contributed by atoms with Crippen molar-refractivity contribution < 1.29 is 44.2 Å². The lowest BCUT2D eigenvalue weighted by molar-refractivity contribution is -0.209. The zero-order chi connectivity index (χ0) is 20.7. The van der Waals surface area contributed by atoms with Crippen LogP contribution in [0.1, 0.15) is 32.3 Å². The first-order chi connectivity index (χ1) is 13.0. The van der Waals surface area contributed by atoms with E-state index in [1.54, 1.807) is 13.8 Å². The summed E-state index contributed by atoms with van der Waals surface area (Å²) in [7, 11) is 0. The number of ether oxygens (including phenoxy) is 3. The monoisotopic (exact) mass is 394 g/mol. The van der Waals surface area contributed by atoms with Crippen LogP contribution >= 0.6 is 0 Å². The molecule has 2 aliphatic rings. The number of hydrogen-bond acceptors (Lipinski definition) is 9. The van der Waals surface area contributed by atoms with Gasteiger partial charge in [0.1, 0.15) is 12.2 Å². The highest BCUT2D eigenvalue weighted by atomic mass is 16.8. The van der Waals surface area contributed by atoms with Gasteiger partial charge >= 0.3 is 11.9 Å². The van der Waals surface area contributed by atoms with Gasteiger partial charge in [0.25, 0.3) is 0 Å². The lowest BCUT2D eigenvalue weighted by atomic mass is 9.79. The third kappa shape index (κ3) is 3.96. The molecular formula is C19H22O9. The Morgan fingerprint density at radius 1 is 1.21 bits per heavy atom. The Bertz CT molecular complexity index is 816. The maximum Gasteiger partial charge on any atom is 0.341 e. The number of carbonyl (C=O) groups is 2. The standard InChI is InChI=1S/C19H22O9/c1-18(2)27-17(25)19(28-18)8-13(22)16(24)14(9-19)26-15(23)6-4-10-3-5-11(20)12(21)7-10/h3-7,13-14,16,20-22,24H,8-9H2,1-2H3/b6-4+/t13-,14-,16-,19+/m1/s1. The van der Waals surface area contributed by atoms with Gasteiger partial charge in [-0.05, 0) is 23.8 Å². The van der Waals surface area contributed by atoms with Crippen LogP contribution in [0.3, 0.4) is 0 Å². The maximum atomic E-state index is 12.3. The summed E-state index contributed by atoms with van der Waals surface area (Å²) in [4.78, 5) is 24.4. The van der Waals surface area contributed by atoms with Crippen LogP contribution < -0.4 is 0 Å². The van der Waals surface area contributed by atoms with Crippen LogP contribution in [0.2, 0.25) is 0 Å². The summed E-state index contributed by atoms with van der Waals surface area (Å²) in [5.41, 5.74) is -1.07. The number of cyclic esters (lactones) is 1. The van der Waals surface area contributed by atoms with Gasteiger partial charge in [-0.2, -0.15) is 0 Å². The smallest absolute Gasteiger partial charge is 0.341 e. The molecule has 1 saturated carbocycles. The molecule has 1 spiro atoms. The lowest BCUT2D eigenvalue weighted by Crippen LogP contribution is -2.56. The van der Waals surface area contributed by atoms with Gasteiger partial charge in [0.15, 0.2) is 17.1 Å². The number of aliphatic hydroxyl groups is 2. The molecule has 152 valence electrons. The Morgan fingerprint density at radius 2 is 1.93 bits per heavy atom. The van der Waals surface area contributed by atoms with E-state index in [-0.39, 0.29) is 24.3 Å². The summed E-state index contributed by atoms with van der Waals surface area (Å²) in [6.45, 7) is 3.10. The van der Waals surface area contributed by atoms with Gasteiger partial charge in [0.05, 0.1) is 6.10 Å². The first-order valence-electron chi connectivity index (χ1n) is 8.72. The molecule has 1 aromatic rings. The molecule has 1 saturated heterocycles. The van der Waals surface area contributed by atoms with Crippen LogP contribution in [0.5, 0.6) is 11.5 Å². The average molecular weight is 394 g/mol. The van der Waals surface area contributed by atoms with Gasteiger partial charge in [-0.1, -0.05) is 6.07 Å². The van der Waals surface area contributed by atoms with E-state index in [2.05, 4.69) is 0 Å². The molecule has 4 atom stereocenters. The van der Waals surface area contributed by atoms with Crippen molar-refractivity contribution in [3.05, 3.63) is 29.8 Å². The van der Waals surface area contributed by atoms with Crippen LogP contribution in [0.25, 0.3) is 6.08 Å². The van der Waals surface area contributed by atoms with Crippen LogP contribution in [-0.2, 0) is 23.8 Å². The summed E-state index contributed by atoms with van der Waals surface area (Å²) >= 11 is 0. The predicted molar refractivity (Wildman–Crippen MR) is 93.9 cm³/mol. The van der Waals surface area contributed by atoms with Crippen LogP contribution in [-0.4, -0.2) is 62.1 Å². The number of rotatable bonds is 3. The van der Waals surface area contributed by atoms with Crippen LogP contribution in [0.15, 0.2) is 24.3 Å². The molecule has 0 amide bonds. The number of aliphatic hydroxyl groups excluding tert-OH is 2. The molecule has 9 nitrogen and oxygen atoms in total. The van der Waals surface area contributed by atoms with E-state index in [0.717, 1.165) is 6.08 Å². The van der Waals surface area contributed by atoms with E-state index >= 15 is 0 Å². The van der Waals surface area contributed by atoms with Gasteiger partial charge in [0, 0.05) is 32.8 Å². The highest BCUT2D eigenvalue weighted by Gasteiger charge is 2.60. The van der Waals surface area contributed by atoms with Crippen LogP contribution in [0.4, 0.5) is 0 Å². The Labute approximate surface area is 160 Å². The number of carbonyl (C=O) groups excluding carboxylic acids is 2. The minimum atomic E-state index is -1.50. The van der Waals surface area contributed by atoms with E-state index in [1.165, 1.54) is 24.3 Å². The lowest BCUT2D eigenvalue weighted by Gasteiger charge is -2.39. The fraction of sp³-hybridized carbons (Fsp3) is 0.474. The summed E-state index contributed by atoms with van der Waals surface area (Å²) in [5.74, 6) is -3.33. The molecule has 0 bridgehead atoms. The molecule has 1 heterocycles. The van der Waals surface area contributed by atoms with Crippen molar-refractivity contribution in [3.63, 3.8) is 0 Å². The fourth-order valence-electron chi connectivity index (χ4n) is 3.44. The van der Waals surface area contributed by atoms with Gasteiger partial charge in [-0.25, -0.2) is 9.59 Å². The van der Waals surface area contributed by atoms with Crippen molar-refractivity contribution in [2.75, 3.05) is 0 Å². The molecular weight excluding hydrogens is 372 g/mol. The Kier molecular flexibility index (Phi) is 5.09. The van der Waals surface area contributed by atoms with E-state index in [0.29, 0.717) is 5.56 Å². The summed E-state index contributed by atoms with van der Waals surface area (Å²) in [6, 6.07) is 3.98. The molecule has 1 aliphatic heterocycles. The SMILES string of the molecule is CC1(C)OC(=O)[C@@]2(C[C@@H](O)[C@@H](O)[C@H](OC(=O)/C=C/c3ccc(O)c(O)c3)C2)O1. The minimum Gasteiger partial charge on any atom is -0.504 e.